The molecule has 0 aromatic heterocycles. The summed E-state index contributed by atoms with van der Waals surface area (Å²) in [5.74, 6) is 0. The maximum Gasteiger partial charge on any atom is 0.0995 e. The van der Waals surface area contributed by atoms with Crippen LogP contribution in [0.1, 0.15) is 37.3 Å². The number of rotatable bonds is 6. The highest BCUT2D eigenvalue weighted by molar-refractivity contribution is 5.37. The second-order valence-electron chi connectivity index (χ2n) is 5.30. The molecule has 0 amide bonds. The molecule has 1 aliphatic rings. The Morgan fingerprint density at radius 2 is 2.26 bits per heavy atom. The van der Waals surface area contributed by atoms with Crippen LogP contribution in [0.25, 0.3) is 0 Å². The van der Waals surface area contributed by atoms with Crippen LogP contribution in [0.5, 0.6) is 0 Å². The van der Waals surface area contributed by atoms with Crippen molar-refractivity contribution in [1.82, 2.24) is 10.2 Å². The molecule has 1 aromatic rings. The zero-order valence-electron chi connectivity index (χ0n) is 11.7. The van der Waals surface area contributed by atoms with Crippen LogP contribution < -0.4 is 5.32 Å². The van der Waals surface area contributed by atoms with Crippen molar-refractivity contribution < 1.29 is 0 Å². The van der Waals surface area contributed by atoms with Crippen molar-refractivity contribution >= 4 is 0 Å². The van der Waals surface area contributed by atoms with E-state index in [4.69, 9.17) is 5.26 Å². The van der Waals surface area contributed by atoms with Gasteiger partial charge in [0, 0.05) is 19.1 Å². The second-order valence-corrected chi connectivity index (χ2v) is 5.30. The molecular formula is C16H23N3. The minimum Gasteiger partial charge on any atom is -0.313 e. The van der Waals surface area contributed by atoms with Gasteiger partial charge in [0.05, 0.1) is 11.6 Å². The molecule has 2 rings (SSSR count). The van der Waals surface area contributed by atoms with Crippen molar-refractivity contribution in [2.75, 3.05) is 19.6 Å². The van der Waals surface area contributed by atoms with E-state index in [9.17, 15) is 0 Å². The van der Waals surface area contributed by atoms with Crippen LogP contribution >= 0.6 is 0 Å². The third-order valence-electron chi connectivity index (χ3n) is 3.71. The number of benzene rings is 1. The Morgan fingerprint density at radius 3 is 2.95 bits per heavy atom. The summed E-state index contributed by atoms with van der Waals surface area (Å²) in [7, 11) is 0. The minimum atomic E-state index is 0.626. The predicted molar refractivity (Wildman–Crippen MR) is 77.7 cm³/mol. The molecular weight excluding hydrogens is 234 g/mol. The summed E-state index contributed by atoms with van der Waals surface area (Å²) >= 11 is 0. The van der Waals surface area contributed by atoms with E-state index in [0.717, 1.165) is 43.7 Å². The van der Waals surface area contributed by atoms with Crippen LogP contribution in [0.15, 0.2) is 24.3 Å². The summed E-state index contributed by atoms with van der Waals surface area (Å²) in [5, 5.41) is 12.7. The van der Waals surface area contributed by atoms with E-state index < -0.39 is 0 Å². The Morgan fingerprint density at radius 1 is 1.42 bits per heavy atom. The molecule has 1 saturated heterocycles. The maximum atomic E-state index is 9.16. The van der Waals surface area contributed by atoms with Gasteiger partial charge in [0.15, 0.2) is 0 Å². The molecule has 19 heavy (non-hydrogen) atoms. The Bertz CT molecular complexity index is 430. The molecule has 1 aliphatic heterocycles. The van der Waals surface area contributed by atoms with Gasteiger partial charge < -0.3 is 5.32 Å². The van der Waals surface area contributed by atoms with Crippen LogP contribution in [-0.2, 0) is 6.54 Å². The summed E-state index contributed by atoms with van der Waals surface area (Å²) in [6.45, 7) is 6.44. The SMILES string of the molecule is CCCN(Cc1ccccc1C#N)CC1CCCN1. The average Bonchev–Trinajstić information content (AvgIpc) is 2.92. The van der Waals surface area contributed by atoms with Crippen molar-refractivity contribution in [3.05, 3.63) is 35.4 Å². The molecule has 0 spiro atoms. The molecule has 1 N–H and O–H groups in total. The molecule has 1 fully saturated rings. The highest BCUT2D eigenvalue weighted by Crippen LogP contribution is 2.13. The van der Waals surface area contributed by atoms with Crippen molar-refractivity contribution in [3.63, 3.8) is 0 Å². The molecule has 0 bridgehead atoms. The fraction of sp³-hybridized carbons (Fsp3) is 0.562. The molecule has 3 heteroatoms. The molecule has 1 heterocycles. The monoisotopic (exact) mass is 257 g/mol. The highest BCUT2D eigenvalue weighted by Gasteiger charge is 2.18. The number of nitrogens with zero attached hydrogens (tertiary/aromatic N) is 2. The summed E-state index contributed by atoms with van der Waals surface area (Å²) in [6.07, 6.45) is 3.72. The van der Waals surface area contributed by atoms with E-state index in [0.29, 0.717) is 6.04 Å². The third kappa shape index (κ3) is 4.05. The molecule has 1 atom stereocenters. The third-order valence-corrected chi connectivity index (χ3v) is 3.71. The van der Waals surface area contributed by atoms with Gasteiger partial charge in [-0.25, -0.2) is 0 Å². The maximum absolute atomic E-state index is 9.16. The molecule has 0 saturated carbocycles. The lowest BCUT2D eigenvalue weighted by molar-refractivity contribution is 0.241. The summed E-state index contributed by atoms with van der Waals surface area (Å²) < 4.78 is 0. The highest BCUT2D eigenvalue weighted by atomic mass is 15.1. The lowest BCUT2D eigenvalue weighted by Crippen LogP contribution is -2.37. The molecule has 102 valence electrons. The standard InChI is InChI=1S/C16H23N3/c1-2-10-19(13-16-8-5-9-18-16)12-15-7-4-3-6-14(15)11-17/h3-4,6-7,16,18H,2,5,8-10,12-13H2,1H3. The van der Waals surface area contributed by atoms with Gasteiger partial charge in [0.25, 0.3) is 0 Å². The summed E-state index contributed by atoms with van der Waals surface area (Å²) in [4.78, 5) is 2.47. The van der Waals surface area contributed by atoms with Crippen LogP contribution in [0.4, 0.5) is 0 Å². The van der Waals surface area contributed by atoms with E-state index in [2.05, 4.69) is 29.3 Å². The van der Waals surface area contributed by atoms with E-state index in [1.54, 1.807) is 0 Å². The second kappa shape index (κ2) is 7.28. The van der Waals surface area contributed by atoms with Gasteiger partial charge in [0.2, 0.25) is 0 Å². The van der Waals surface area contributed by atoms with E-state index >= 15 is 0 Å². The van der Waals surface area contributed by atoms with E-state index in [1.165, 1.54) is 12.8 Å². The number of nitrogens with one attached hydrogen (secondary N) is 1. The first kappa shape index (κ1) is 14.0. The first-order valence-corrected chi connectivity index (χ1v) is 7.27. The predicted octanol–water partition coefficient (Wildman–Crippen LogP) is 2.52. The topological polar surface area (TPSA) is 39.1 Å². The van der Waals surface area contributed by atoms with Gasteiger partial charge in [-0.3, -0.25) is 4.90 Å². The van der Waals surface area contributed by atoms with E-state index in [1.807, 2.05) is 18.2 Å². The molecule has 3 nitrogen and oxygen atoms in total. The van der Waals surface area contributed by atoms with Gasteiger partial charge in [-0.15, -0.1) is 0 Å². The normalized spacial score (nSPS) is 18.7. The van der Waals surface area contributed by atoms with Gasteiger partial charge in [-0.05, 0) is 44.0 Å². The van der Waals surface area contributed by atoms with Crippen LogP contribution in [0.3, 0.4) is 0 Å². The van der Waals surface area contributed by atoms with Crippen LogP contribution in [0, 0.1) is 11.3 Å². The summed E-state index contributed by atoms with van der Waals surface area (Å²) in [6, 6.07) is 10.9. The number of hydrogen-bond acceptors (Lipinski definition) is 3. The molecule has 0 aliphatic carbocycles. The lowest BCUT2D eigenvalue weighted by atomic mass is 10.1. The quantitative estimate of drug-likeness (QED) is 0.851. The Hall–Kier alpha value is -1.37. The van der Waals surface area contributed by atoms with Gasteiger partial charge >= 0.3 is 0 Å². The molecule has 0 radical (unpaired) electrons. The van der Waals surface area contributed by atoms with Gasteiger partial charge in [0.1, 0.15) is 0 Å². The van der Waals surface area contributed by atoms with Gasteiger partial charge in [-0.1, -0.05) is 25.1 Å². The van der Waals surface area contributed by atoms with Crippen molar-refractivity contribution in [3.8, 4) is 6.07 Å². The Labute approximate surface area is 116 Å². The zero-order valence-corrected chi connectivity index (χ0v) is 11.7. The van der Waals surface area contributed by atoms with Crippen LogP contribution in [0.2, 0.25) is 0 Å². The first-order valence-electron chi connectivity index (χ1n) is 7.27. The Balaban J connectivity index is 2.00. The van der Waals surface area contributed by atoms with E-state index in [-0.39, 0.29) is 0 Å². The first-order chi connectivity index (χ1) is 9.33. The van der Waals surface area contributed by atoms with Crippen molar-refractivity contribution in [1.29, 1.82) is 5.26 Å². The number of nitriles is 1. The largest absolute Gasteiger partial charge is 0.313 e. The number of hydrogen-bond donors (Lipinski definition) is 1. The fourth-order valence-electron chi connectivity index (χ4n) is 2.78. The smallest absolute Gasteiger partial charge is 0.0995 e. The van der Waals surface area contributed by atoms with Gasteiger partial charge in [-0.2, -0.15) is 5.26 Å². The Kier molecular flexibility index (Phi) is 5.38. The molecule has 1 aromatic carbocycles. The van der Waals surface area contributed by atoms with Crippen LogP contribution in [-0.4, -0.2) is 30.6 Å². The minimum absolute atomic E-state index is 0.626. The fourth-order valence-corrected chi connectivity index (χ4v) is 2.78. The van der Waals surface area contributed by atoms with Crippen molar-refractivity contribution in [2.45, 2.75) is 38.8 Å². The zero-order chi connectivity index (χ0) is 13.5. The van der Waals surface area contributed by atoms with Crippen molar-refractivity contribution in [2.24, 2.45) is 0 Å². The average molecular weight is 257 g/mol. The lowest BCUT2D eigenvalue weighted by Gasteiger charge is -2.25. The summed E-state index contributed by atoms with van der Waals surface area (Å²) in [5.41, 5.74) is 1.96. The molecule has 1 unspecified atom stereocenters.